The number of carboxylic acid groups (broad SMARTS) is 1. The first-order valence-electron chi connectivity index (χ1n) is 6.97. The highest BCUT2D eigenvalue weighted by atomic mass is 16.4. The van der Waals surface area contributed by atoms with Crippen LogP contribution in [0.3, 0.4) is 0 Å². The van der Waals surface area contributed by atoms with Crippen molar-refractivity contribution in [2.45, 2.75) is 25.7 Å². The number of benzene rings is 1. The Bertz CT molecular complexity index is 539. The molecule has 0 unspecified atom stereocenters. The summed E-state index contributed by atoms with van der Waals surface area (Å²) in [5, 5.41) is 11.5. The highest BCUT2D eigenvalue weighted by molar-refractivity contribution is 5.95. The van der Waals surface area contributed by atoms with Crippen LogP contribution in [0.1, 0.15) is 36.0 Å². The first-order chi connectivity index (χ1) is 10.1. The van der Waals surface area contributed by atoms with Crippen molar-refractivity contribution in [2.75, 3.05) is 18.4 Å². The second-order valence-corrected chi connectivity index (χ2v) is 5.06. The van der Waals surface area contributed by atoms with Crippen molar-refractivity contribution in [3.05, 3.63) is 29.8 Å². The van der Waals surface area contributed by atoms with Crippen LogP contribution in [0.25, 0.3) is 0 Å². The van der Waals surface area contributed by atoms with Gasteiger partial charge in [0.15, 0.2) is 0 Å². The van der Waals surface area contributed by atoms with Gasteiger partial charge in [0, 0.05) is 18.7 Å². The predicted molar refractivity (Wildman–Crippen MR) is 77.1 cm³/mol. The number of carboxylic acids is 1. The van der Waals surface area contributed by atoms with Crippen LogP contribution in [0.15, 0.2) is 24.3 Å². The van der Waals surface area contributed by atoms with Crippen LogP contribution in [0.2, 0.25) is 0 Å². The number of likely N-dealkylation sites (tertiary alicyclic amines) is 1. The molecular weight excluding hydrogens is 272 g/mol. The van der Waals surface area contributed by atoms with Gasteiger partial charge in [0.1, 0.15) is 0 Å². The van der Waals surface area contributed by atoms with E-state index in [0.717, 1.165) is 19.3 Å². The van der Waals surface area contributed by atoms with Crippen molar-refractivity contribution in [1.29, 1.82) is 0 Å². The molecule has 1 aliphatic heterocycles. The van der Waals surface area contributed by atoms with Gasteiger partial charge in [-0.3, -0.25) is 9.59 Å². The summed E-state index contributed by atoms with van der Waals surface area (Å²) in [4.78, 5) is 36.1. The monoisotopic (exact) mass is 290 g/mol. The molecule has 0 spiro atoms. The van der Waals surface area contributed by atoms with E-state index in [4.69, 9.17) is 5.11 Å². The van der Waals surface area contributed by atoms with Crippen molar-refractivity contribution in [3.63, 3.8) is 0 Å². The first-order valence-corrected chi connectivity index (χ1v) is 6.97. The van der Waals surface area contributed by atoms with E-state index in [9.17, 15) is 14.4 Å². The van der Waals surface area contributed by atoms with Crippen LogP contribution < -0.4 is 5.32 Å². The standard InChI is InChI=1S/C15H18N2O4/c18-13(10-17-9-3-1-2-4-14(17)19)16-12-7-5-11(6-8-12)15(20)21/h5-8H,1-4,9-10H2,(H,16,18)(H,20,21). The molecule has 1 aliphatic rings. The summed E-state index contributed by atoms with van der Waals surface area (Å²) in [6.07, 6.45) is 3.32. The number of hydrogen-bond acceptors (Lipinski definition) is 3. The van der Waals surface area contributed by atoms with E-state index >= 15 is 0 Å². The highest BCUT2D eigenvalue weighted by Crippen LogP contribution is 2.12. The van der Waals surface area contributed by atoms with Gasteiger partial charge < -0.3 is 15.3 Å². The summed E-state index contributed by atoms with van der Waals surface area (Å²) in [5.41, 5.74) is 0.683. The number of hydrogen-bond donors (Lipinski definition) is 2. The minimum atomic E-state index is -1.01. The van der Waals surface area contributed by atoms with Crippen molar-refractivity contribution >= 4 is 23.5 Å². The number of nitrogens with zero attached hydrogens (tertiary/aromatic N) is 1. The number of anilines is 1. The van der Waals surface area contributed by atoms with Crippen molar-refractivity contribution in [2.24, 2.45) is 0 Å². The maximum absolute atomic E-state index is 11.9. The number of carbonyl (C=O) groups excluding carboxylic acids is 2. The summed E-state index contributed by atoms with van der Waals surface area (Å²) >= 11 is 0. The van der Waals surface area contributed by atoms with E-state index in [-0.39, 0.29) is 23.9 Å². The van der Waals surface area contributed by atoms with Crippen LogP contribution >= 0.6 is 0 Å². The molecule has 1 aromatic rings. The molecule has 0 aliphatic carbocycles. The first kappa shape index (κ1) is 15.0. The Morgan fingerprint density at radius 3 is 2.52 bits per heavy atom. The minimum Gasteiger partial charge on any atom is -0.478 e. The van der Waals surface area contributed by atoms with Gasteiger partial charge in [0.2, 0.25) is 11.8 Å². The van der Waals surface area contributed by atoms with Gasteiger partial charge >= 0.3 is 5.97 Å². The largest absolute Gasteiger partial charge is 0.478 e. The fourth-order valence-corrected chi connectivity index (χ4v) is 2.28. The zero-order chi connectivity index (χ0) is 15.2. The third-order valence-electron chi connectivity index (χ3n) is 3.42. The Labute approximate surface area is 122 Å². The third-order valence-corrected chi connectivity index (χ3v) is 3.42. The summed E-state index contributed by atoms with van der Waals surface area (Å²) in [5.74, 6) is -1.26. The van der Waals surface area contributed by atoms with Gasteiger partial charge in [-0.05, 0) is 37.1 Å². The van der Waals surface area contributed by atoms with Gasteiger partial charge in [-0.2, -0.15) is 0 Å². The molecule has 6 heteroatoms. The van der Waals surface area contributed by atoms with Gasteiger partial charge in [0.25, 0.3) is 0 Å². The van der Waals surface area contributed by atoms with Gasteiger partial charge in [-0.1, -0.05) is 6.42 Å². The second kappa shape index (κ2) is 6.88. The molecule has 112 valence electrons. The Hall–Kier alpha value is -2.37. The Morgan fingerprint density at radius 1 is 1.14 bits per heavy atom. The molecule has 0 aromatic heterocycles. The normalized spacial score (nSPS) is 15.4. The summed E-state index contributed by atoms with van der Waals surface area (Å²) in [6, 6.07) is 5.92. The molecule has 21 heavy (non-hydrogen) atoms. The lowest BCUT2D eigenvalue weighted by Crippen LogP contribution is -2.37. The zero-order valence-electron chi connectivity index (χ0n) is 11.7. The van der Waals surface area contributed by atoms with E-state index in [1.165, 1.54) is 24.3 Å². The molecule has 0 saturated carbocycles. The number of amides is 2. The fourth-order valence-electron chi connectivity index (χ4n) is 2.28. The quantitative estimate of drug-likeness (QED) is 0.884. The fraction of sp³-hybridized carbons (Fsp3) is 0.400. The summed E-state index contributed by atoms with van der Waals surface area (Å²) < 4.78 is 0. The number of nitrogens with one attached hydrogen (secondary N) is 1. The van der Waals surface area contributed by atoms with Crippen molar-refractivity contribution < 1.29 is 19.5 Å². The van der Waals surface area contributed by atoms with E-state index in [1.54, 1.807) is 4.90 Å². The molecule has 2 N–H and O–H groups in total. The Balaban J connectivity index is 1.91. The van der Waals surface area contributed by atoms with E-state index in [1.807, 2.05) is 0 Å². The summed E-state index contributed by atoms with van der Waals surface area (Å²) in [7, 11) is 0. The van der Waals surface area contributed by atoms with Crippen LogP contribution in [0, 0.1) is 0 Å². The average Bonchev–Trinajstić information content (AvgIpc) is 2.65. The Morgan fingerprint density at radius 2 is 1.86 bits per heavy atom. The molecule has 1 aromatic carbocycles. The zero-order valence-corrected chi connectivity index (χ0v) is 11.7. The highest BCUT2D eigenvalue weighted by Gasteiger charge is 2.19. The van der Waals surface area contributed by atoms with Crippen LogP contribution in [0.4, 0.5) is 5.69 Å². The minimum absolute atomic E-state index is 0.0175. The van der Waals surface area contributed by atoms with Crippen molar-refractivity contribution in [1.82, 2.24) is 4.90 Å². The number of rotatable bonds is 4. The van der Waals surface area contributed by atoms with E-state index < -0.39 is 5.97 Å². The molecule has 2 amide bonds. The third kappa shape index (κ3) is 4.30. The summed E-state index contributed by atoms with van der Waals surface area (Å²) in [6.45, 7) is 0.656. The van der Waals surface area contributed by atoms with Crippen LogP contribution in [0.5, 0.6) is 0 Å². The van der Waals surface area contributed by atoms with Gasteiger partial charge in [-0.25, -0.2) is 4.79 Å². The van der Waals surface area contributed by atoms with Crippen LogP contribution in [-0.2, 0) is 9.59 Å². The molecule has 0 bridgehead atoms. The number of carbonyl (C=O) groups is 3. The molecule has 1 saturated heterocycles. The SMILES string of the molecule is O=C(CN1CCCCCC1=O)Nc1ccc(C(=O)O)cc1. The van der Waals surface area contributed by atoms with E-state index in [0.29, 0.717) is 18.7 Å². The smallest absolute Gasteiger partial charge is 0.335 e. The predicted octanol–water partition coefficient (Wildman–Crippen LogP) is 1.73. The molecule has 1 heterocycles. The Kier molecular flexibility index (Phi) is 4.92. The second-order valence-electron chi connectivity index (χ2n) is 5.06. The number of aromatic carboxylic acids is 1. The maximum Gasteiger partial charge on any atom is 0.335 e. The van der Waals surface area contributed by atoms with Gasteiger partial charge in [0.05, 0.1) is 12.1 Å². The average molecular weight is 290 g/mol. The topological polar surface area (TPSA) is 86.7 Å². The van der Waals surface area contributed by atoms with Crippen LogP contribution in [-0.4, -0.2) is 40.9 Å². The van der Waals surface area contributed by atoms with E-state index in [2.05, 4.69) is 5.32 Å². The lowest BCUT2D eigenvalue weighted by molar-refractivity contribution is -0.134. The lowest BCUT2D eigenvalue weighted by atomic mass is 10.2. The van der Waals surface area contributed by atoms with Gasteiger partial charge in [-0.15, -0.1) is 0 Å². The lowest BCUT2D eigenvalue weighted by Gasteiger charge is -2.19. The molecular formula is C15H18N2O4. The molecule has 0 atom stereocenters. The molecule has 6 nitrogen and oxygen atoms in total. The molecule has 2 rings (SSSR count). The van der Waals surface area contributed by atoms with Crippen molar-refractivity contribution in [3.8, 4) is 0 Å². The maximum atomic E-state index is 11.9. The molecule has 0 radical (unpaired) electrons. The molecule has 1 fully saturated rings.